The van der Waals surface area contributed by atoms with E-state index in [1.807, 2.05) is 0 Å². The highest BCUT2D eigenvalue weighted by molar-refractivity contribution is 5.76. The molecule has 0 aliphatic carbocycles. The molecule has 0 aromatic rings. The zero-order valence-electron chi connectivity index (χ0n) is 11.7. The predicted molar refractivity (Wildman–Crippen MR) is 71.7 cm³/mol. The molecule has 4 heteroatoms. The number of ketones is 1. The summed E-state index contributed by atoms with van der Waals surface area (Å²) in [7, 11) is 0. The molecule has 2 aliphatic heterocycles. The van der Waals surface area contributed by atoms with Gasteiger partial charge in [0.1, 0.15) is 5.78 Å². The van der Waals surface area contributed by atoms with Gasteiger partial charge in [0.05, 0.1) is 12.7 Å². The zero-order valence-corrected chi connectivity index (χ0v) is 11.7. The lowest BCUT2D eigenvalue weighted by atomic mass is 10.1. The van der Waals surface area contributed by atoms with E-state index in [0.717, 1.165) is 39.3 Å². The van der Waals surface area contributed by atoms with Crippen LogP contribution in [0.15, 0.2) is 0 Å². The molecule has 2 heterocycles. The number of likely N-dealkylation sites (N-methyl/N-ethyl adjacent to an activating group) is 1. The summed E-state index contributed by atoms with van der Waals surface area (Å²) in [5.74, 6) is 0.312. The van der Waals surface area contributed by atoms with Crippen LogP contribution in [-0.2, 0) is 9.53 Å². The first-order chi connectivity index (χ1) is 8.69. The first kappa shape index (κ1) is 14.0. The third-order valence-corrected chi connectivity index (χ3v) is 4.13. The lowest BCUT2D eigenvalue weighted by Gasteiger charge is -2.35. The Morgan fingerprint density at radius 1 is 1.39 bits per heavy atom. The highest BCUT2D eigenvalue weighted by Gasteiger charge is 2.29. The Hall–Kier alpha value is -0.450. The van der Waals surface area contributed by atoms with E-state index in [4.69, 9.17) is 4.74 Å². The van der Waals surface area contributed by atoms with E-state index in [2.05, 4.69) is 16.7 Å². The van der Waals surface area contributed by atoms with Crippen molar-refractivity contribution in [2.24, 2.45) is 0 Å². The molecule has 0 saturated carbocycles. The van der Waals surface area contributed by atoms with Crippen molar-refractivity contribution >= 4 is 5.78 Å². The molecule has 2 saturated heterocycles. The minimum Gasteiger partial charge on any atom is -0.374 e. The number of ether oxygens (including phenoxy) is 1. The van der Waals surface area contributed by atoms with E-state index in [9.17, 15) is 4.79 Å². The van der Waals surface area contributed by atoms with Crippen molar-refractivity contribution in [2.75, 3.05) is 39.3 Å². The van der Waals surface area contributed by atoms with Crippen LogP contribution >= 0.6 is 0 Å². The molecule has 2 rings (SSSR count). The standard InChI is InChI=1S/C14H26N2O2/c1-3-15-7-8-18-14(10-15)11-16-6-4-5-13(16)9-12(2)17/h13-14H,3-11H2,1-2H3. The fourth-order valence-electron chi connectivity index (χ4n) is 3.14. The van der Waals surface area contributed by atoms with Crippen molar-refractivity contribution in [2.45, 2.75) is 45.3 Å². The van der Waals surface area contributed by atoms with Crippen LogP contribution in [0.2, 0.25) is 0 Å². The molecule has 0 bridgehead atoms. The largest absolute Gasteiger partial charge is 0.374 e. The summed E-state index contributed by atoms with van der Waals surface area (Å²) in [4.78, 5) is 16.2. The Bertz CT molecular complexity index is 283. The SMILES string of the molecule is CCN1CCOC(CN2CCCC2CC(C)=O)C1. The van der Waals surface area contributed by atoms with Gasteiger partial charge in [0, 0.05) is 32.1 Å². The van der Waals surface area contributed by atoms with Crippen molar-refractivity contribution in [1.82, 2.24) is 9.80 Å². The molecule has 2 fully saturated rings. The van der Waals surface area contributed by atoms with Crippen molar-refractivity contribution in [3.63, 3.8) is 0 Å². The maximum Gasteiger partial charge on any atom is 0.131 e. The topological polar surface area (TPSA) is 32.8 Å². The summed E-state index contributed by atoms with van der Waals surface area (Å²) in [5, 5.41) is 0. The van der Waals surface area contributed by atoms with Gasteiger partial charge in [-0.3, -0.25) is 14.6 Å². The third-order valence-electron chi connectivity index (χ3n) is 4.13. The Kier molecular flexibility index (Phi) is 5.15. The number of carbonyl (C=O) groups is 1. The van der Waals surface area contributed by atoms with Gasteiger partial charge in [0.25, 0.3) is 0 Å². The second kappa shape index (κ2) is 6.64. The zero-order chi connectivity index (χ0) is 13.0. The fraction of sp³-hybridized carbons (Fsp3) is 0.929. The number of hydrogen-bond donors (Lipinski definition) is 0. The van der Waals surface area contributed by atoms with Gasteiger partial charge < -0.3 is 4.74 Å². The summed E-state index contributed by atoms with van der Waals surface area (Å²) in [6.45, 7) is 10.1. The smallest absolute Gasteiger partial charge is 0.131 e. The second-order valence-electron chi connectivity index (χ2n) is 5.58. The van der Waals surface area contributed by atoms with E-state index >= 15 is 0 Å². The van der Waals surface area contributed by atoms with Crippen LogP contribution in [-0.4, -0.2) is 67.1 Å². The summed E-state index contributed by atoms with van der Waals surface area (Å²) in [6, 6.07) is 0.461. The number of morpholine rings is 1. The van der Waals surface area contributed by atoms with E-state index in [1.54, 1.807) is 6.92 Å². The van der Waals surface area contributed by atoms with Crippen molar-refractivity contribution in [3.8, 4) is 0 Å². The number of rotatable bonds is 5. The van der Waals surface area contributed by atoms with Gasteiger partial charge in [0.15, 0.2) is 0 Å². The summed E-state index contributed by atoms with van der Waals surface area (Å²) in [5.41, 5.74) is 0. The monoisotopic (exact) mass is 254 g/mol. The predicted octanol–water partition coefficient (Wildman–Crippen LogP) is 1.15. The normalized spacial score (nSPS) is 30.8. The van der Waals surface area contributed by atoms with Crippen LogP contribution < -0.4 is 0 Å². The molecule has 0 N–H and O–H groups in total. The van der Waals surface area contributed by atoms with E-state index in [0.29, 0.717) is 24.3 Å². The Morgan fingerprint density at radius 3 is 2.94 bits per heavy atom. The van der Waals surface area contributed by atoms with Crippen molar-refractivity contribution < 1.29 is 9.53 Å². The summed E-state index contributed by atoms with van der Waals surface area (Å²) >= 11 is 0. The second-order valence-corrected chi connectivity index (χ2v) is 5.58. The van der Waals surface area contributed by atoms with Crippen LogP contribution in [0.25, 0.3) is 0 Å². The molecule has 2 unspecified atom stereocenters. The molecule has 4 nitrogen and oxygen atoms in total. The summed E-state index contributed by atoms with van der Waals surface area (Å²) < 4.78 is 5.86. The van der Waals surface area contributed by atoms with Gasteiger partial charge in [-0.05, 0) is 32.9 Å². The maximum absolute atomic E-state index is 11.3. The number of Topliss-reactive ketones (excluding diaryl/α,β-unsaturated/α-hetero) is 1. The third kappa shape index (κ3) is 3.77. The van der Waals surface area contributed by atoms with Gasteiger partial charge >= 0.3 is 0 Å². The quantitative estimate of drug-likeness (QED) is 0.737. The lowest BCUT2D eigenvalue weighted by molar-refractivity contribution is -0.118. The van der Waals surface area contributed by atoms with Crippen LogP contribution in [0.4, 0.5) is 0 Å². The Balaban J connectivity index is 1.82. The Labute approximate surface area is 110 Å². The average molecular weight is 254 g/mol. The lowest BCUT2D eigenvalue weighted by Crippen LogP contribution is -2.48. The van der Waals surface area contributed by atoms with E-state index in [-0.39, 0.29) is 0 Å². The molecule has 0 spiro atoms. The summed E-state index contributed by atoms with van der Waals surface area (Å²) in [6.07, 6.45) is 3.43. The molecule has 18 heavy (non-hydrogen) atoms. The highest BCUT2D eigenvalue weighted by atomic mass is 16.5. The van der Waals surface area contributed by atoms with Crippen LogP contribution in [0.5, 0.6) is 0 Å². The highest BCUT2D eigenvalue weighted by Crippen LogP contribution is 2.21. The fourth-order valence-corrected chi connectivity index (χ4v) is 3.14. The molecule has 0 aromatic carbocycles. The van der Waals surface area contributed by atoms with Crippen molar-refractivity contribution in [3.05, 3.63) is 0 Å². The van der Waals surface area contributed by atoms with Gasteiger partial charge in [-0.25, -0.2) is 0 Å². The van der Waals surface area contributed by atoms with Gasteiger partial charge in [-0.2, -0.15) is 0 Å². The van der Waals surface area contributed by atoms with Gasteiger partial charge in [-0.1, -0.05) is 6.92 Å². The van der Waals surface area contributed by atoms with Crippen LogP contribution in [0.3, 0.4) is 0 Å². The Morgan fingerprint density at radius 2 is 2.22 bits per heavy atom. The molecule has 0 radical (unpaired) electrons. The van der Waals surface area contributed by atoms with Gasteiger partial charge in [-0.15, -0.1) is 0 Å². The molecular weight excluding hydrogens is 228 g/mol. The van der Waals surface area contributed by atoms with Gasteiger partial charge in [0.2, 0.25) is 0 Å². The van der Waals surface area contributed by atoms with Crippen LogP contribution in [0, 0.1) is 0 Å². The molecule has 2 atom stereocenters. The van der Waals surface area contributed by atoms with E-state index in [1.165, 1.54) is 12.8 Å². The molecule has 0 amide bonds. The minimum atomic E-state index is 0.312. The molecule has 2 aliphatic rings. The van der Waals surface area contributed by atoms with E-state index < -0.39 is 0 Å². The maximum atomic E-state index is 11.3. The molecular formula is C14H26N2O2. The minimum absolute atomic E-state index is 0.312. The number of hydrogen-bond acceptors (Lipinski definition) is 4. The molecule has 0 aromatic heterocycles. The van der Waals surface area contributed by atoms with Crippen molar-refractivity contribution in [1.29, 1.82) is 0 Å². The average Bonchev–Trinajstić information content (AvgIpc) is 2.76. The number of likely N-dealkylation sites (tertiary alicyclic amines) is 1. The first-order valence-corrected chi connectivity index (χ1v) is 7.26. The van der Waals surface area contributed by atoms with Crippen LogP contribution in [0.1, 0.15) is 33.1 Å². The number of carbonyl (C=O) groups excluding carboxylic acids is 1. The first-order valence-electron chi connectivity index (χ1n) is 7.26. The number of nitrogens with zero attached hydrogens (tertiary/aromatic N) is 2. The molecule has 104 valence electrons.